The van der Waals surface area contributed by atoms with Crippen molar-refractivity contribution in [3.63, 3.8) is 0 Å². The van der Waals surface area contributed by atoms with Gasteiger partial charge in [-0.15, -0.1) is 0 Å². The second-order valence-electron chi connectivity index (χ2n) is 3.35. The Hall–Kier alpha value is -1.49. The smallest absolute Gasteiger partial charge is 0.274 e. The average molecular weight is 193 g/mol. The number of carbonyl (C=O) groups is 1. The van der Waals surface area contributed by atoms with Gasteiger partial charge >= 0.3 is 0 Å². The Morgan fingerprint density at radius 1 is 1.57 bits per heavy atom. The van der Waals surface area contributed by atoms with Crippen LogP contribution in [0.15, 0.2) is 18.6 Å². The number of likely N-dealkylation sites (tertiary alicyclic amines) is 1. The van der Waals surface area contributed by atoms with Gasteiger partial charge in [-0.3, -0.25) is 9.78 Å². The summed E-state index contributed by atoms with van der Waals surface area (Å²) in [5.74, 6) is 0.124. The molecule has 14 heavy (non-hydrogen) atoms. The zero-order valence-electron chi connectivity index (χ0n) is 7.63. The van der Waals surface area contributed by atoms with Crippen LogP contribution in [0.1, 0.15) is 10.5 Å². The number of amides is 1. The molecule has 1 saturated heterocycles. The number of carbonyl (C=O) groups excluding carboxylic acids is 1. The first-order chi connectivity index (χ1) is 6.81. The van der Waals surface area contributed by atoms with E-state index in [0.29, 0.717) is 18.8 Å². The molecule has 5 nitrogen and oxygen atoms in total. The van der Waals surface area contributed by atoms with E-state index in [1.54, 1.807) is 4.90 Å². The van der Waals surface area contributed by atoms with Gasteiger partial charge in [-0.05, 0) is 0 Å². The van der Waals surface area contributed by atoms with E-state index in [1.807, 2.05) is 0 Å². The van der Waals surface area contributed by atoms with E-state index in [-0.39, 0.29) is 18.4 Å². The van der Waals surface area contributed by atoms with Crippen LogP contribution in [0.2, 0.25) is 0 Å². The standard InChI is InChI=1S/C9H11N3O2/c13-6-7-4-12(5-7)9(14)8-3-10-1-2-11-8/h1-3,7,13H,4-6H2. The maximum Gasteiger partial charge on any atom is 0.274 e. The summed E-state index contributed by atoms with van der Waals surface area (Å²) in [6.07, 6.45) is 4.48. The van der Waals surface area contributed by atoms with Gasteiger partial charge in [0.15, 0.2) is 0 Å². The lowest BCUT2D eigenvalue weighted by molar-refractivity contribution is 0.0356. The Morgan fingerprint density at radius 2 is 2.36 bits per heavy atom. The molecule has 1 aliphatic rings. The summed E-state index contributed by atoms with van der Waals surface area (Å²) in [6, 6.07) is 0. The molecule has 1 amide bonds. The third-order valence-electron chi connectivity index (χ3n) is 2.28. The topological polar surface area (TPSA) is 66.3 Å². The summed E-state index contributed by atoms with van der Waals surface area (Å²) in [5.41, 5.74) is 0.365. The van der Waals surface area contributed by atoms with Crippen LogP contribution in [0.25, 0.3) is 0 Å². The van der Waals surface area contributed by atoms with E-state index >= 15 is 0 Å². The van der Waals surface area contributed by atoms with Crippen LogP contribution in [0.3, 0.4) is 0 Å². The largest absolute Gasteiger partial charge is 0.396 e. The number of rotatable bonds is 2. The molecule has 0 aromatic carbocycles. The molecule has 0 atom stereocenters. The molecular formula is C9H11N3O2. The van der Waals surface area contributed by atoms with Crippen molar-refractivity contribution < 1.29 is 9.90 Å². The summed E-state index contributed by atoms with van der Waals surface area (Å²) >= 11 is 0. The van der Waals surface area contributed by atoms with Gasteiger partial charge in [0.05, 0.1) is 6.20 Å². The third-order valence-corrected chi connectivity index (χ3v) is 2.28. The lowest BCUT2D eigenvalue weighted by Gasteiger charge is -2.37. The van der Waals surface area contributed by atoms with Crippen LogP contribution in [0.5, 0.6) is 0 Å². The summed E-state index contributed by atoms with van der Waals surface area (Å²) in [4.78, 5) is 21.0. The predicted octanol–water partition coefficient (Wildman–Crippen LogP) is -0.459. The van der Waals surface area contributed by atoms with Crippen LogP contribution in [-0.4, -0.2) is 45.6 Å². The van der Waals surface area contributed by atoms with Crippen LogP contribution in [0.4, 0.5) is 0 Å². The van der Waals surface area contributed by atoms with Crippen molar-refractivity contribution in [3.05, 3.63) is 24.3 Å². The van der Waals surface area contributed by atoms with Gasteiger partial charge in [0.1, 0.15) is 5.69 Å². The van der Waals surface area contributed by atoms with Crippen molar-refractivity contribution in [2.24, 2.45) is 5.92 Å². The highest BCUT2D eigenvalue weighted by Crippen LogP contribution is 2.16. The van der Waals surface area contributed by atoms with E-state index in [1.165, 1.54) is 18.6 Å². The van der Waals surface area contributed by atoms with Crippen LogP contribution in [0, 0.1) is 5.92 Å². The van der Waals surface area contributed by atoms with Gasteiger partial charge in [-0.2, -0.15) is 0 Å². The Balaban J connectivity index is 1.98. The highest BCUT2D eigenvalue weighted by atomic mass is 16.3. The molecule has 1 fully saturated rings. The number of aromatic nitrogens is 2. The SMILES string of the molecule is O=C(c1cnccn1)N1CC(CO)C1. The molecule has 1 aromatic heterocycles. The number of hydrogen-bond donors (Lipinski definition) is 1. The highest BCUT2D eigenvalue weighted by Gasteiger charge is 2.30. The molecular weight excluding hydrogens is 182 g/mol. The van der Waals surface area contributed by atoms with Crippen LogP contribution < -0.4 is 0 Å². The van der Waals surface area contributed by atoms with Crippen molar-refractivity contribution in [1.82, 2.24) is 14.9 Å². The molecule has 0 spiro atoms. The molecule has 0 radical (unpaired) electrons. The van der Waals surface area contributed by atoms with Crippen molar-refractivity contribution in [3.8, 4) is 0 Å². The van der Waals surface area contributed by atoms with E-state index in [4.69, 9.17) is 5.11 Å². The van der Waals surface area contributed by atoms with E-state index < -0.39 is 0 Å². The molecule has 0 aliphatic carbocycles. The Bertz CT molecular complexity index is 322. The predicted molar refractivity (Wildman–Crippen MR) is 48.5 cm³/mol. The normalized spacial score (nSPS) is 16.5. The summed E-state index contributed by atoms with van der Waals surface area (Å²) < 4.78 is 0. The van der Waals surface area contributed by atoms with Gasteiger partial charge in [0.25, 0.3) is 5.91 Å². The maximum absolute atomic E-state index is 11.6. The lowest BCUT2D eigenvalue weighted by Crippen LogP contribution is -2.51. The monoisotopic (exact) mass is 193 g/mol. The van der Waals surface area contributed by atoms with Gasteiger partial charge in [0, 0.05) is 38.0 Å². The van der Waals surface area contributed by atoms with Gasteiger partial charge in [-0.1, -0.05) is 0 Å². The second-order valence-corrected chi connectivity index (χ2v) is 3.35. The molecule has 2 heterocycles. The van der Waals surface area contributed by atoms with E-state index in [9.17, 15) is 4.79 Å². The Morgan fingerprint density at radius 3 is 2.93 bits per heavy atom. The van der Waals surface area contributed by atoms with Gasteiger partial charge in [-0.25, -0.2) is 4.98 Å². The van der Waals surface area contributed by atoms with Crippen molar-refractivity contribution in [1.29, 1.82) is 0 Å². The molecule has 1 aromatic rings. The zero-order valence-corrected chi connectivity index (χ0v) is 7.63. The van der Waals surface area contributed by atoms with Gasteiger partial charge in [0.2, 0.25) is 0 Å². The molecule has 0 unspecified atom stereocenters. The molecule has 74 valence electrons. The number of aliphatic hydroxyl groups is 1. The fourth-order valence-electron chi connectivity index (χ4n) is 1.42. The third kappa shape index (κ3) is 1.58. The highest BCUT2D eigenvalue weighted by molar-refractivity contribution is 5.92. The molecule has 1 N–H and O–H groups in total. The number of aliphatic hydroxyl groups excluding tert-OH is 1. The first kappa shape index (κ1) is 9.08. The first-order valence-electron chi connectivity index (χ1n) is 4.47. The number of hydrogen-bond acceptors (Lipinski definition) is 4. The fourth-order valence-corrected chi connectivity index (χ4v) is 1.42. The zero-order chi connectivity index (χ0) is 9.97. The quantitative estimate of drug-likeness (QED) is 0.690. The summed E-state index contributed by atoms with van der Waals surface area (Å²) in [5, 5.41) is 8.79. The van der Waals surface area contributed by atoms with Crippen molar-refractivity contribution in [2.75, 3.05) is 19.7 Å². The molecule has 5 heteroatoms. The first-order valence-corrected chi connectivity index (χ1v) is 4.47. The fraction of sp³-hybridized carbons (Fsp3) is 0.444. The Kier molecular flexibility index (Phi) is 2.41. The minimum absolute atomic E-state index is 0.109. The molecule has 0 bridgehead atoms. The van der Waals surface area contributed by atoms with Crippen LogP contribution >= 0.6 is 0 Å². The summed E-state index contributed by atoms with van der Waals surface area (Å²) in [6.45, 7) is 1.38. The minimum atomic E-state index is -0.109. The van der Waals surface area contributed by atoms with Crippen LogP contribution in [-0.2, 0) is 0 Å². The van der Waals surface area contributed by atoms with Crippen molar-refractivity contribution >= 4 is 5.91 Å². The molecule has 2 rings (SSSR count). The molecule has 0 saturated carbocycles. The van der Waals surface area contributed by atoms with E-state index in [0.717, 1.165) is 0 Å². The van der Waals surface area contributed by atoms with Gasteiger partial charge < -0.3 is 10.0 Å². The molecule has 1 aliphatic heterocycles. The lowest BCUT2D eigenvalue weighted by atomic mass is 10.0. The Labute approximate surface area is 81.4 Å². The summed E-state index contributed by atoms with van der Waals surface area (Å²) in [7, 11) is 0. The minimum Gasteiger partial charge on any atom is -0.396 e. The van der Waals surface area contributed by atoms with Crippen molar-refractivity contribution in [2.45, 2.75) is 0 Å². The second kappa shape index (κ2) is 3.71. The maximum atomic E-state index is 11.6. The van der Waals surface area contributed by atoms with E-state index in [2.05, 4.69) is 9.97 Å². The number of nitrogens with zero attached hydrogens (tertiary/aromatic N) is 3. The average Bonchev–Trinajstić information content (AvgIpc) is 2.17.